The lowest BCUT2D eigenvalue weighted by Crippen LogP contribution is -2.53. The molecule has 0 heterocycles. The summed E-state index contributed by atoms with van der Waals surface area (Å²) >= 11 is 6.18. The molecule has 0 aromatic heterocycles. The molecule has 0 fully saturated rings. The molecule has 3 aromatic carbocycles. The van der Waals surface area contributed by atoms with Crippen LogP contribution < -0.4 is 20.7 Å². The molecule has 2 atom stereocenters. The quantitative estimate of drug-likeness (QED) is 0.226. The van der Waals surface area contributed by atoms with Gasteiger partial charge in [-0.3, -0.25) is 9.59 Å². The third-order valence-electron chi connectivity index (χ3n) is 5.90. The molecule has 8 nitrogen and oxygen atoms in total. The number of amides is 2. The van der Waals surface area contributed by atoms with Crippen LogP contribution in [0.3, 0.4) is 0 Å². The lowest BCUT2D eigenvalue weighted by Gasteiger charge is -2.22. The first-order valence-electron chi connectivity index (χ1n) is 12.8. The van der Waals surface area contributed by atoms with Crippen LogP contribution in [0, 0.1) is 0 Å². The van der Waals surface area contributed by atoms with Crippen LogP contribution in [0.5, 0.6) is 5.75 Å². The zero-order valence-corrected chi connectivity index (χ0v) is 22.8. The summed E-state index contributed by atoms with van der Waals surface area (Å²) < 4.78 is 5.83. The lowest BCUT2D eigenvalue weighted by atomic mass is 10.0. The van der Waals surface area contributed by atoms with Gasteiger partial charge in [0.2, 0.25) is 5.91 Å². The second kappa shape index (κ2) is 14.9. The average Bonchev–Trinajstić information content (AvgIpc) is 2.91. The third-order valence-corrected chi connectivity index (χ3v) is 6.14. The standard InChI is InChI=1S/C30H34ClN3O5/c1-20(2)32-15-16-39-27-14-13-23(31)19-24(27)28(35)33-25(17-21-9-5-3-6-10-21)29(36)34-26(30(37)38)18-22-11-7-4-8-12-22/h3-14,19-20,25-26,32H,15-18H2,1-2H3,(H,33,35)(H,34,36)(H,37,38)/t25-,26-/m0/s1. The highest BCUT2D eigenvalue weighted by Gasteiger charge is 2.28. The van der Waals surface area contributed by atoms with Crippen LogP contribution in [-0.4, -0.2) is 54.2 Å². The van der Waals surface area contributed by atoms with E-state index in [1.54, 1.807) is 36.4 Å². The van der Waals surface area contributed by atoms with Gasteiger partial charge in [0.25, 0.3) is 5.91 Å². The van der Waals surface area contributed by atoms with Crippen molar-refractivity contribution in [1.29, 1.82) is 0 Å². The molecule has 2 amide bonds. The van der Waals surface area contributed by atoms with E-state index in [9.17, 15) is 19.5 Å². The number of carbonyl (C=O) groups is 3. The fourth-order valence-corrected chi connectivity index (χ4v) is 4.10. The molecule has 206 valence electrons. The molecule has 0 aliphatic heterocycles. The summed E-state index contributed by atoms with van der Waals surface area (Å²) in [5, 5.41) is 18.7. The lowest BCUT2D eigenvalue weighted by molar-refractivity contribution is -0.142. The van der Waals surface area contributed by atoms with Crippen LogP contribution in [-0.2, 0) is 22.4 Å². The van der Waals surface area contributed by atoms with Crippen LogP contribution in [0.2, 0.25) is 5.02 Å². The van der Waals surface area contributed by atoms with Crippen molar-refractivity contribution in [1.82, 2.24) is 16.0 Å². The summed E-state index contributed by atoms with van der Waals surface area (Å²) in [6.45, 7) is 4.95. The molecule has 0 aliphatic rings. The van der Waals surface area contributed by atoms with Crippen LogP contribution >= 0.6 is 11.6 Å². The highest BCUT2D eigenvalue weighted by atomic mass is 35.5. The molecular weight excluding hydrogens is 518 g/mol. The number of aliphatic carboxylic acids is 1. The first-order chi connectivity index (χ1) is 18.7. The fraction of sp³-hybridized carbons (Fsp3) is 0.300. The predicted octanol–water partition coefficient (Wildman–Crippen LogP) is 3.87. The number of hydrogen-bond donors (Lipinski definition) is 4. The number of carboxylic acid groups (broad SMARTS) is 1. The Bertz CT molecular complexity index is 1240. The SMILES string of the molecule is CC(C)NCCOc1ccc(Cl)cc1C(=O)N[C@@H](Cc1ccccc1)C(=O)N[C@@H](Cc1ccccc1)C(=O)O. The van der Waals surface area contributed by atoms with Gasteiger partial charge in [-0.25, -0.2) is 4.79 Å². The Morgan fingerprint density at radius 1 is 0.846 bits per heavy atom. The number of rotatable bonds is 14. The van der Waals surface area contributed by atoms with Crippen molar-refractivity contribution in [3.8, 4) is 5.75 Å². The Morgan fingerprint density at radius 2 is 1.44 bits per heavy atom. The van der Waals surface area contributed by atoms with Gasteiger partial charge in [-0.05, 0) is 29.3 Å². The summed E-state index contributed by atoms with van der Waals surface area (Å²) in [7, 11) is 0. The van der Waals surface area contributed by atoms with Crippen molar-refractivity contribution in [3.05, 3.63) is 101 Å². The van der Waals surface area contributed by atoms with Crippen molar-refractivity contribution in [2.45, 2.75) is 44.8 Å². The van der Waals surface area contributed by atoms with Gasteiger partial charge in [-0.2, -0.15) is 0 Å². The van der Waals surface area contributed by atoms with E-state index in [0.29, 0.717) is 23.9 Å². The predicted molar refractivity (Wildman–Crippen MR) is 151 cm³/mol. The third kappa shape index (κ3) is 9.74. The minimum Gasteiger partial charge on any atom is -0.491 e. The van der Waals surface area contributed by atoms with E-state index in [2.05, 4.69) is 16.0 Å². The van der Waals surface area contributed by atoms with Gasteiger partial charge in [0.05, 0.1) is 5.56 Å². The van der Waals surface area contributed by atoms with Crippen LogP contribution in [0.4, 0.5) is 0 Å². The molecule has 0 aliphatic carbocycles. The van der Waals surface area contributed by atoms with Crippen molar-refractivity contribution < 1.29 is 24.2 Å². The van der Waals surface area contributed by atoms with Crippen LogP contribution in [0.25, 0.3) is 0 Å². The van der Waals surface area contributed by atoms with Gasteiger partial charge >= 0.3 is 5.97 Å². The van der Waals surface area contributed by atoms with E-state index in [4.69, 9.17) is 16.3 Å². The Morgan fingerprint density at radius 3 is 2.00 bits per heavy atom. The molecule has 9 heteroatoms. The maximum atomic E-state index is 13.4. The minimum absolute atomic E-state index is 0.102. The van der Waals surface area contributed by atoms with Gasteiger partial charge in [0, 0.05) is 30.5 Å². The van der Waals surface area contributed by atoms with Crippen LogP contribution in [0.1, 0.15) is 35.3 Å². The van der Waals surface area contributed by atoms with Crippen molar-refractivity contribution >= 4 is 29.4 Å². The number of ether oxygens (including phenoxy) is 1. The van der Waals surface area contributed by atoms with Gasteiger partial charge in [0.15, 0.2) is 0 Å². The number of halogens is 1. The summed E-state index contributed by atoms with van der Waals surface area (Å²) in [4.78, 5) is 38.8. The second-order valence-electron chi connectivity index (χ2n) is 9.40. The molecule has 0 saturated heterocycles. The number of carboxylic acids is 1. The van der Waals surface area contributed by atoms with Crippen molar-refractivity contribution in [2.75, 3.05) is 13.2 Å². The zero-order chi connectivity index (χ0) is 28.2. The maximum absolute atomic E-state index is 13.4. The molecule has 4 N–H and O–H groups in total. The summed E-state index contributed by atoms with van der Waals surface area (Å²) in [6, 6.07) is 21.0. The van der Waals surface area contributed by atoms with Crippen molar-refractivity contribution in [2.24, 2.45) is 0 Å². The average molecular weight is 552 g/mol. The van der Waals surface area contributed by atoms with Gasteiger partial charge in [-0.1, -0.05) is 86.1 Å². The molecule has 0 radical (unpaired) electrons. The highest BCUT2D eigenvalue weighted by Crippen LogP contribution is 2.23. The van der Waals surface area contributed by atoms with E-state index >= 15 is 0 Å². The van der Waals surface area contributed by atoms with E-state index < -0.39 is 29.9 Å². The van der Waals surface area contributed by atoms with E-state index in [-0.39, 0.29) is 24.4 Å². The Kier molecular flexibility index (Phi) is 11.3. The smallest absolute Gasteiger partial charge is 0.326 e. The first-order valence-corrected chi connectivity index (χ1v) is 13.2. The van der Waals surface area contributed by atoms with E-state index in [0.717, 1.165) is 11.1 Å². The topological polar surface area (TPSA) is 117 Å². The number of nitrogens with one attached hydrogen (secondary N) is 3. The summed E-state index contributed by atoms with van der Waals surface area (Å²) in [5.41, 5.74) is 1.74. The second-order valence-corrected chi connectivity index (χ2v) is 9.84. The molecule has 0 bridgehead atoms. The van der Waals surface area contributed by atoms with E-state index in [1.807, 2.05) is 50.2 Å². The molecular formula is C30H34ClN3O5. The Balaban J connectivity index is 1.80. The minimum atomic E-state index is -1.17. The zero-order valence-electron chi connectivity index (χ0n) is 22.0. The highest BCUT2D eigenvalue weighted by molar-refractivity contribution is 6.31. The molecule has 0 unspecified atom stereocenters. The number of benzene rings is 3. The maximum Gasteiger partial charge on any atom is 0.326 e. The van der Waals surface area contributed by atoms with E-state index in [1.165, 1.54) is 6.07 Å². The van der Waals surface area contributed by atoms with Gasteiger partial charge in [-0.15, -0.1) is 0 Å². The summed E-state index contributed by atoms with van der Waals surface area (Å²) in [6.07, 6.45) is 0.260. The fourth-order valence-electron chi connectivity index (χ4n) is 3.93. The van der Waals surface area contributed by atoms with Gasteiger partial charge < -0.3 is 25.8 Å². The molecule has 0 spiro atoms. The van der Waals surface area contributed by atoms with Crippen LogP contribution in [0.15, 0.2) is 78.9 Å². The molecule has 0 saturated carbocycles. The molecule has 3 aromatic rings. The summed E-state index contributed by atoms with van der Waals surface area (Å²) in [5.74, 6) is -2.01. The molecule has 3 rings (SSSR count). The normalized spacial score (nSPS) is 12.4. The molecule has 39 heavy (non-hydrogen) atoms. The number of carbonyl (C=O) groups excluding carboxylic acids is 2. The van der Waals surface area contributed by atoms with Gasteiger partial charge in [0.1, 0.15) is 24.4 Å². The Labute approximate surface area is 233 Å². The largest absolute Gasteiger partial charge is 0.491 e. The monoisotopic (exact) mass is 551 g/mol. The Hall–Kier alpha value is -3.88. The first kappa shape index (κ1) is 29.7. The van der Waals surface area contributed by atoms with Crippen molar-refractivity contribution in [3.63, 3.8) is 0 Å². The number of hydrogen-bond acceptors (Lipinski definition) is 5.